The van der Waals surface area contributed by atoms with Gasteiger partial charge >= 0.3 is 0 Å². The molecule has 4 unspecified atom stereocenters. The molecule has 1 aromatic carbocycles. The minimum atomic E-state index is 0.282. The summed E-state index contributed by atoms with van der Waals surface area (Å²) in [4.78, 5) is 0. The topological polar surface area (TPSA) is 25.2 Å². The van der Waals surface area contributed by atoms with Gasteiger partial charge in [0.25, 0.3) is 0 Å². The molecule has 2 heteroatoms. The molecule has 1 heterocycles. The molecule has 1 fully saturated rings. The summed E-state index contributed by atoms with van der Waals surface area (Å²) in [5.74, 6) is 2.71. The van der Waals surface area contributed by atoms with Crippen LogP contribution in [0, 0.1) is 11.8 Å². The number of fused-ring (bicyclic) bond motifs is 1. The summed E-state index contributed by atoms with van der Waals surface area (Å²) in [7, 11) is 0. The van der Waals surface area contributed by atoms with Crippen molar-refractivity contribution in [2.75, 3.05) is 0 Å². The number of para-hydroxylation sites is 1. The highest BCUT2D eigenvalue weighted by molar-refractivity contribution is 5.82. The molecule has 1 N–H and O–H groups in total. The molecule has 4 atom stereocenters. The summed E-state index contributed by atoms with van der Waals surface area (Å²) >= 11 is 0. The van der Waals surface area contributed by atoms with Crippen molar-refractivity contribution in [3.8, 4) is 0 Å². The molecule has 1 saturated carbocycles. The van der Waals surface area contributed by atoms with Crippen LogP contribution in [0.4, 0.5) is 0 Å². The fraction of sp³-hybridized carbons (Fsp3) is 0.579. The first-order valence-electron chi connectivity index (χ1n) is 8.38. The van der Waals surface area contributed by atoms with E-state index in [0.29, 0.717) is 6.04 Å². The first kappa shape index (κ1) is 14.6. The molecule has 21 heavy (non-hydrogen) atoms. The number of aryl methyl sites for hydroxylation is 1. The molecule has 1 aromatic heterocycles. The van der Waals surface area contributed by atoms with Crippen LogP contribution in [0.2, 0.25) is 0 Å². The lowest BCUT2D eigenvalue weighted by Crippen LogP contribution is -2.34. The van der Waals surface area contributed by atoms with E-state index in [1.54, 1.807) is 0 Å². The predicted octanol–water partition coefficient (Wildman–Crippen LogP) is 5.08. The van der Waals surface area contributed by atoms with Gasteiger partial charge in [0, 0.05) is 17.0 Å². The third kappa shape index (κ3) is 2.62. The van der Waals surface area contributed by atoms with Crippen molar-refractivity contribution in [1.29, 1.82) is 0 Å². The van der Waals surface area contributed by atoms with Gasteiger partial charge in [0.05, 0.1) is 6.04 Å². The maximum Gasteiger partial charge on any atom is 0.134 e. The molecule has 2 aromatic rings. The molecule has 1 aliphatic rings. The fourth-order valence-corrected chi connectivity index (χ4v) is 3.83. The molecular formula is C19H27NO. The smallest absolute Gasteiger partial charge is 0.134 e. The summed E-state index contributed by atoms with van der Waals surface area (Å²) in [5, 5.41) is 5.09. The Bertz CT molecular complexity index is 615. The Kier molecular flexibility index (Phi) is 4.08. The van der Waals surface area contributed by atoms with Gasteiger partial charge in [-0.2, -0.15) is 0 Å². The van der Waals surface area contributed by atoms with Crippen LogP contribution in [0.5, 0.6) is 0 Å². The van der Waals surface area contributed by atoms with E-state index in [1.165, 1.54) is 23.8 Å². The first-order valence-corrected chi connectivity index (χ1v) is 8.38. The predicted molar refractivity (Wildman–Crippen MR) is 88.5 cm³/mol. The van der Waals surface area contributed by atoms with E-state index in [0.717, 1.165) is 29.6 Å². The highest BCUT2D eigenvalue weighted by Gasteiger charge is 2.31. The number of hydrogen-bond donors (Lipinski definition) is 1. The van der Waals surface area contributed by atoms with Gasteiger partial charge in [0.15, 0.2) is 0 Å². The molecule has 114 valence electrons. The Balaban J connectivity index is 1.86. The Morgan fingerprint density at radius 3 is 2.67 bits per heavy atom. The van der Waals surface area contributed by atoms with E-state index in [9.17, 15) is 0 Å². The maximum absolute atomic E-state index is 6.16. The van der Waals surface area contributed by atoms with Crippen LogP contribution in [0.25, 0.3) is 11.0 Å². The molecule has 0 amide bonds. The second-order valence-corrected chi connectivity index (χ2v) is 6.70. The van der Waals surface area contributed by atoms with Crippen molar-refractivity contribution in [1.82, 2.24) is 5.32 Å². The van der Waals surface area contributed by atoms with Crippen molar-refractivity contribution >= 4 is 11.0 Å². The van der Waals surface area contributed by atoms with Crippen LogP contribution in [-0.4, -0.2) is 6.04 Å². The summed E-state index contributed by atoms with van der Waals surface area (Å²) in [5.41, 5.74) is 2.38. The van der Waals surface area contributed by atoms with Crippen molar-refractivity contribution in [2.45, 2.75) is 59.0 Å². The summed E-state index contributed by atoms with van der Waals surface area (Å²) in [6.45, 7) is 9.21. The molecule has 2 nitrogen and oxygen atoms in total. The molecule has 0 aliphatic heterocycles. The van der Waals surface area contributed by atoms with E-state index in [1.807, 2.05) is 6.07 Å². The van der Waals surface area contributed by atoms with Crippen molar-refractivity contribution in [2.24, 2.45) is 11.8 Å². The van der Waals surface area contributed by atoms with Crippen LogP contribution >= 0.6 is 0 Å². The summed E-state index contributed by atoms with van der Waals surface area (Å²) in [6, 6.07) is 9.30. The number of rotatable bonds is 4. The maximum atomic E-state index is 6.16. The lowest BCUT2D eigenvalue weighted by atomic mass is 9.96. The number of furan rings is 1. The quantitative estimate of drug-likeness (QED) is 0.847. The molecule has 0 bridgehead atoms. The second-order valence-electron chi connectivity index (χ2n) is 6.70. The van der Waals surface area contributed by atoms with Crippen LogP contribution in [0.3, 0.4) is 0 Å². The van der Waals surface area contributed by atoms with Crippen molar-refractivity contribution < 1.29 is 4.42 Å². The van der Waals surface area contributed by atoms with Gasteiger partial charge in [0.2, 0.25) is 0 Å². The van der Waals surface area contributed by atoms with Gasteiger partial charge in [-0.25, -0.2) is 0 Å². The average molecular weight is 285 g/mol. The number of nitrogens with one attached hydrogen (secondary N) is 1. The third-order valence-electron chi connectivity index (χ3n) is 5.41. The fourth-order valence-electron chi connectivity index (χ4n) is 3.83. The van der Waals surface area contributed by atoms with Crippen molar-refractivity contribution in [3.63, 3.8) is 0 Å². The van der Waals surface area contributed by atoms with Gasteiger partial charge in [-0.05, 0) is 44.1 Å². The SMILES string of the molecule is CCc1c(C(C)NC2CCC(C)C2C)oc2ccccc12. The zero-order valence-corrected chi connectivity index (χ0v) is 13.6. The van der Waals surface area contributed by atoms with Gasteiger partial charge < -0.3 is 9.73 Å². The highest BCUT2D eigenvalue weighted by Crippen LogP contribution is 2.35. The minimum Gasteiger partial charge on any atom is -0.459 e. The van der Waals surface area contributed by atoms with E-state index in [-0.39, 0.29) is 6.04 Å². The van der Waals surface area contributed by atoms with Gasteiger partial charge in [0.1, 0.15) is 11.3 Å². The first-order chi connectivity index (χ1) is 10.1. The van der Waals surface area contributed by atoms with Gasteiger partial charge in [-0.1, -0.05) is 39.0 Å². The van der Waals surface area contributed by atoms with Crippen LogP contribution < -0.4 is 5.32 Å². The molecule has 0 spiro atoms. The van der Waals surface area contributed by atoms with Crippen LogP contribution in [0.1, 0.15) is 57.9 Å². The third-order valence-corrected chi connectivity index (χ3v) is 5.41. The Morgan fingerprint density at radius 2 is 2.00 bits per heavy atom. The van der Waals surface area contributed by atoms with Crippen LogP contribution in [-0.2, 0) is 6.42 Å². The lowest BCUT2D eigenvalue weighted by molar-refractivity contribution is 0.327. The largest absolute Gasteiger partial charge is 0.459 e. The van der Waals surface area contributed by atoms with Gasteiger partial charge in [-0.15, -0.1) is 0 Å². The molecule has 0 radical (unpaired) electrons. The average Bonchev–Trinajstić information content (AvgIpc) is 3.02. The molecular weight excluding hydrogens is 258 g/mol. The molecule has 3 rings (SSSR count). The molecule has 0 saturated heterocycles. The normalized spacial score (nSPS) is 27.3. The second kappa shape index (κ2) is 5.84. The summed E-state index contributed by atoms with van der Waals surface area (Å²) in [6.07, 6.45) is 3.65. The van der Waals surface area contributed by atoms with E-state index >= 15 is 0 Å². The minimum absolute atomic E-state index is 0.282. The highest BCUT2D eigenvalue weighted by atomic mass is 16.3. The van der Waals surface area contributed by atoms with Gasteiger partial charge in [-0.3, -0.25) is 0 Å². The Hall–Kier alpha value is -1.28. The van der Waals surface area contributed by atoms with Crippen molar-refractivity contribution in [3.05, 3.63) is 35.6 Å². The van der Waals surface area contributed by atoms with E-state index in [2.05, 4.69) is 51.2 Å². The monoisotopic (exact) mass is 285 g/mol. The van der Waals surface area contributed by atoms with Crippen LogP contribution in [0.15, 0.2) is 28.7 Å². The molecule has 1 aliphatic carbocycles. The van der Waals surface area contributed by atoms with E-state index in [4.69, 9.17) is 4.42 Å². The number of hydrogen-bond acceptors (Lipinski definition) is 2. The van der Waals surface area contributed by atoms with E-state index < -0.39 is 0 Å². The zero-order chi connectivity index (χ0) is 15.0. The Morgan fingerprint density at radius 1 is 1.24 bits per heavy atom. The zero-order valence-electron chi connectivity index (χ0n) is 13.6. The standard InChI is InChI=1S/C19H27NO/c1-5-15-16-8-6-7-9-18(16)21-19(15)14(4)20-17-11-10-12(2)13(17)3/h6-9,12-14,17,20H,5,10-11H2,1-4H3. The summed E-state index contributed by atoms with van der Waals surface area (Å²) < 4.78 is 6.16. The number of benzene rings is 1. The lowest BCUT2D eigenvalue weighted by Gasteiger charge is -2.23. The Labute approximate surface area is 127 Å².